The molecule has 0 aliphatic heterocycles. The molecular formula is C10H17N3O3. The van der Waals surface area contributed by atoms with Gasteiger partial charge in [-0.2, -0.15) is 5.26 Å². The Morgan fingerprint density at radius 3 is 2.62 bits per heavy atom. The molecule has 0 saturated carbocycles. The number of nitriles is 1. The van der Waals surface area contributed by atoms with Gasteiger partial charge in [-0.1, -0.05) is 6.92 Å². The van der Waals surface area contributed by atoms with Gasteiger partial charge in [-0.3, -0.25) is 14.5 Å². The van der Waals surface area contributed by atoms with Gasteiger partial charge in [-0.15, -0.1) is 0 Å². The van der Waals surface area contributed by atoms with Crippen molar-refractivity contribution >= 4 is 11.9 Å². The molecule has 0 radical (unpaired) electrons. The van der Waals surface area contributed by atoms with Crippen LogP contribution in [0.4, 0.5) is 0 Å². The number of aliphatic carboxylic acids is 1. The van der Waals surface area contributed by atoms with Crippen molar-refractivity contribution in [2.45, 2.75) is 13.8 Å². The summed E-state index contributed by atoms with van der Waals surface area (Å²) in [6.45, 7) is 4.37. The highest BCUT2D eigenvalue weighted by Crippen LogP contribution is 1.99. The summed E-state index contributed by atoms with van der Waals surface area (Å²) < 4.78 is 0. The Kier molecular flexibility index (Phi) is 6.88. The first-order chi connectivity index (χ1) is 7.47. The first kappa shape index (κ1) is 14.4. The van der Waals surface area contributed by atoms with Crippen molar-refractivity contribution in [1.29, 1.82) is 5.26 Å². The molecule has 1 atom stereocenters. The number of nitrogens with one attached hydrogen (secondary N) is 1. The minimum Gasteiger partial charge on any atom is -0.481 e. The van der Waals surface area contributed by atoms with Crippen LogP contribution in [0.1, 0.15) is 13.8 Å². The molecule has 0 aliphatic rings. The minimum absolute atomic E-state index is 0.136. The predicted molar refractivity (Wildman–Crippen MR) is 57.5 cm³/mol. The van der Waals surface area contributed by atoms with Crippen molar-refractivity contribution < 1.29 is 14.7 Å². The van der Waals surface area contributed by atoms with Crippen molar-refractivity contribution in [1.82, 2.24) is 10.2 Å². The Hall–Kier alpha value is -1.61. The highest BCUT2D eigenvalue weighted by atomic mass is 16.4. The van der Waals surface area contributed by atoms with Crippen molar-refractivity contribution in [2.75, 3.05) is 26.2 Å². The van der Waals surface area contributed by atoms with E-state index in [0.717, 1.165) is 0 Å². The van der Waals surface area contributed by atoms with Crippen LogP contribution in [0.3, 0.4) is 0 Å². The molecule has 16 heavy (non-hydrogen) atoms. The van der Waals surface area contributed by atoms with Gasteiger partial charge in [0, 0.05) is 26.6 Å². The molecule has 2 N–H and O–H groups in total. The fraction of sp³-hybridized carbons (Fsp3) is 0.700. The van der Waals surface area contributed by atoms with Gasteiger partial charge in [0.05, 0.1) is 18.5 Å². The molecule has 0 heterocycles. The Morgan fingerprint density at radius 1 is 1.56 bits per heavy atom. The zero-order chi connectivity index (χ0) is 12.6. The third-order valence-corrected chi connectivity index (χ3v) is 2.05. The van der Waals surface area contributed by atoms with Gasteiger partial charge < -0.3 is 10.4 Å². The maximum absolute atomic E-state index is 10.6. The third-order valence-electron chi connectivity index (χ3n) is 2.05. The second-order valence-corrected chi connectivity index (χ2v) is 3.62. The van der Waals surface area contributed by atoms with Crippen LogP contribution in [0.5, 0.6) is 0 Å². The Balaban J connectivity index is 4.02. The Bertz CT molecular complexity index is 286. The molecule has 6 heteroatoms. The number of carboxylic acids is 1. The van der Waals surface area contributed by atoms with E-state index in [2.05, 4.69) is 5.32 Å². The average molecular weight is 227 g/mol. The quantitative estimate of drug-likeness (QED) is 0.581. The molecule has 0 saturated heterocycles. The summed E-state index contributed by atoms with van der Waals surface area (Å²) in [5.41, 5.74) is 0. The van der Waals surface area contributed by atoms with Crippen molar-refractivity contribution in [2.24, 2.45) is 5.92 Å². The summed E-state index contributed by atoms with van der Waals surface area (Å²) in [5, 5.41) is 19.9. The van der Waals surface area contributed by atoms with Crippen molar-refractivity contribution in [3.8, 4) is 6.07 Å². The molecule has 0 aliphatic carbocycles. The zero-order valence-electron chi connectivity index (χ0n) is 9.56. The van der Waals surface area contributed by atoms with Crippen LogP contribution in [-0.4, -0.2) is 48.1 Å². The number of carbonyl (C=O) groups excluding carboxylic acids is 1. The van der Waals surface area contributed by atoms with Gasteiger partial charge in [0.2, 0.25) is 5.91 Å². The van der Waals surface area contributed by atoms with Crippen LogP contribution in [0.2, 0.25) is 0 Å². The Morgan fingerprint density at radius 2 is 2.19 bits per heavy atom. The van der Waals surface area contributed by atoms with Gasteiger partial charge in [-0.25, -0.2) is 0 Å². The molecule has 0 aromatic heterocycles. The van der Waals surface area contributed by atoms with E-state index in [1.807, 2.05) is 6.07 Å². The first-order valence-electron chi connectivity index (χ1n) is 5.04. The zero-order valence-corrected chi connectivity index (χ0v) is 9.56. The summed E-state index contributed by atoms with van der Waals surface area (Å²) in [7, 11) is 0. The molecule has 0 spiro atoms. The summed E-state index contributed by atoms with van der Waals surface area (Å²) >= 11 is 0. The smallest absolute Gasteiger partial charge is 0.307 e. The number of carboxylic acid groups (broad SMARTS) is 1. The lowest BCUT2D eigenvalue weighted by atomic mass is 10.1. The van der Waals surface area contributed by atoms with Gasteiger partial charge in [-0.05, 0) is 0 Å². The van der Waals surface area contributed by atoms with E-state index in [0.29, 0.717) is 19.6 Å². The van der Waals surface area contributed by atoms with Gasteiger partial charge in [0.15, 0.2) is 0 Å². The Labute approximate surface area is 94.8 Å². The van der Waals surface area contributed by atoms with Crippen molar-refractivity contribution in [3.05, 3.63) is 0 Å². The van der Waals surface area contributed by atoms with Crippen LogP contribution >= 0.6 is 0 Å². The maximum Gasteiger partial charge on any atom is 0.307 e. The normalized spacial score (nSPS) is 11.9. The second kappa shape index (κ2) is 7.65. The van der Waals surface area contributed by atoms with E-state index in [1.165, 1.54) is 6.92 Å². The van der Waals surface area contributed by atoms with E-state index in [4.69, 9.17) is 10.4 Å². The molecule has 1 amide bonds. The largest absolute Gasteiger partial charge is 0.481 e. The number of rotatable bonds is 7. The average Bonchev–Trinajstić information content (AvgIpc) is 2.17. The van der Waals surface area contributed by atoms with Crippen molar-refractivity contribution in [3.63, 3.8) is 0 Å². The summed E-state index contributed by atoms with van der Waals surface area (Å²) in [5.74, 6) is -1.55. The van der Waals surface area contributed by atoms with Crippen LogP contribution in [0, 0.1) is 17.2 Å². The van der Waals surface area contributed by atoms with Crippen LogP contribution < -0.4 is 5.32 Å². The topological polar surface area (TPSA) is 93.4 Å². The monoisotopic (exact) mass is 227 g/mol. The molecule has 0 rings (SSSR count). The van der Waals surface area contributed by atoms with Gasteiger partial charge >= 0.3 is 5.97 Å². The van der Waals surface area contributed by atoms with Crippen LogP contribution in [0.15, 0.2) is 0 Å². The molecule has 0 bridgehead atoms. The highest BCUT2D eigenvalue weighted by Gasteiger charge is 2.15. The fourth-order valence-corrected chi connectivity index (χ4v) is 1.19. The van der Waals surface area contributed by atoms with E-state index >= 15 is 0 Å². The lowest BCUT2D eigenvalue weighted by Crippen LogP contribution is -2.38. The summed E-state index contributed by atoms with van der Waals surface area (Å²) in [6.07, 6.45) is 0. The minimum atomic E-state index is -0.887. The molecule has 0 aromatic carbocycles. The SMILES string of the molecule is CC(=O)NCCN(CC#N)CC(C)C(=O)O. The standard InChI is InChI=1S/C10H17N3O3/c1-8(10(15)16)7-13(5-3-11)6-4-12-9(2)14/h8H,4-7H2,1-2H3,(H,12,14)(H,15,16). The van der Waals surface area contributed by atoms with Crippen LogP contribution in [0.25, 0.3) is 0 Å². The number of carbonyl (C=O) groups is 2. The number of hydrogen-bond donors (Lipinski definition) is 2. The predicted octanol–water partition coefficient (Wildman–Crippen LogP) is -0.331. The van der Waals surface area contributed by atoms with E-state index in [9.17, 15) is 9.59 Å². The summed E-state index contributed by atoms with van der Waals surface area (Å²) in [6, 6.07) is 1.97. The number of amides is 1. The maximum atomic E-state index is 10.6. The molecule has 1 unspecified atom stereocenters. The number of nitrogens with zero attached hydrogens (tertiary/aromatic N) is 2. The van der Waals surface area contributed by atoms with E-state index in [1.54, 1.807) is 11.8 Å². The van der Waals surface area contributed by atoms with Gasteiger partial charge in [0.25, 0.3) is 0 Å². The summed E-state index contributed by atoms with van der Waals surface area (Å²) in [4.78, 5) is 23.0. The second-order valence-electron chi connectivity index (χ2n) is 3.62. The van der Waals surface area contributed by atoms with Gasteiger partial charge in [0.1, 0.15) is 0 Å². The molecular weight excluding hydrogens is 210 g/mol. The van der Waals surface area contributed by atoms with Crippen LogP contribution in [-0.2, 0) is 9.59 Å². The van der Waals surface area contributed by atoms with E-state index in [-0.39, 0.29) is 12.5 Å². The number of hydrogen-bond acceptors (Lipinski definition) is 4. The molecule has 6 nitrogen and oxygen atoms in total. The first-order valence-corrected chi connectivity index (χ1v) is 5.04. The van der Waals surface area contributed by atoms with E-state index < -0.39 is 11.9 Å². The molecule has 0 fully saturated rings. The highest BCUT2D eigenvalue weighted by molar-refractivity contribution is 5.72. The lowest BCUT2D eigenvalue weighted by Gasteiger charge is -2.21. The fourth-order valence-electron chi connectivity index (χ4n) is 1.19. The third kappa shape index (κ3) is 6.79. The lowest BCUT2D eigenvalue weighted by molar-refractivity contribution is -0.141. The molecule has 90 valence electrons. The molecule has 0 aromatic rings.